The molecule has 1 aliphatic heterocycles. The average molecular weight is 248 g/mol. The lowest BCUT2D eigenvalue weighted by Crippen LogP contribution is -2.33. The van der Waals surface area contributed by atoms with Gasteiger partial charge in [-0.1, -0.05) is 25.5 Å². The van der Waals surface area contributed by atoms with Gasteiger partial charge in [-0.3, -0.25) is 9.59 Å². The Morgan fingerprint density at radius 2 is 1.94 bits per heavy atom. The molecule has 0 unspecified atom stereocenters. The van der Waals surface area contributed by atoms with E-state index in [0.717, 1.165) is 6.42 Å². The first-order chi connectivity index (χ1) is 8.50. The number of hydrogen-bond donors (Lipinski definition) is 0. The first-order valence-electron chi connectivity index (χ1n) is 6.90. The highest BCUT2D eigenvalue weighted by Crippen LogP contribution is 2.50. The van der Waals surface area contributed by atoms with Gasteiger partial charge >= 0.3 is 5.97 Å². The van der Waals surface area contributed by atoms with Crippen LogP contribution in [-0.2, 0) is 14.3 Å². The third-order valence-corrected chi connectivity index (χ3v) is 5.34. The molecule has 0 radical (unpaired) electrons. The van der Waals surface area contributed by atoms with Gasteiger partial charge in [0.05, 0.1) is 5.92 Å². The minimum absolute atomic E-state index is 0.0271. The fourth-order valence-corrected chi connectivity index (χ4v) is 4.04. The summed E-state index contributed by atoms with van der Waals surface area (Å²) in [5.74, 6) is 1.01. The van der Waals surface area contributed by atoms with Gasteiger partial charge in [-0.15, -0.1) is 0 Å². The maximum absolute atomic E-state index is 12.0. The highest BCUT2D eigenvalue weighted by Gasteiger charge is 2.54. The van der Waals surface area contributed by atoms with E-state index in [2.05, 4.69) is 13.0 Å². The van der Waals surface area contributed by atoms with E-state index in [4.69, 9.17) is 4.74 Å². The van der Waals surface area contributed by atoms with Crippen LogP contribution in [0.5, 0.6) is 0 Å². The Bertz CT molecular complexity index is 437. The maximum atomic E-state index is 12.0. The minimum Gasteiger partial charge on any atom is -0.461 e. The highest BCUT2D eigenvalue weighted by molar-refractivity contribution is 5.84. The van der Waals surface area contributed by atoms with Gasteiger partial charge in [0.1, 0.15) is 11.9 Å². The van der Waals surface area contributed by atoms with Crippen LogP contribution in [0, 0.1) is 29.6 Å². The second-order valence-electron chi connectivity index (χ2n) is 6.18. The fraction of sp³-hybridized carbons (Fsp3) is 0.733. The first-order valence-corrected chi connectivity index (χ1v) is 6.90. The molecule has 3 rings (SSSR count). The predicted molar refractivity (Wildman–Crippen MR) is 66.7 cm³/mol. The minimum atomic E-state index is -0.0803. The van der Waals surface area contributed by atoms with Crippen molar-refractivity contribution in [3.05, 3.63) is 11.6 Å². The van der Waals surface area contributed by atoms with Crippen molar-refractivity contribution in [2.24, 2.45) is 29.6 Å². The van der Waals surface area contributed by atoms with Gasteiger partial charge in [0.15, 0.2) is 0 Å². The van der Waals surface area contributed by atoms with Crippen LogP contribution in [0.25, 0.3) is 0 Å². The molecule has 0 N–H and O–H groups in total. The van der Waals surface area contributed by atoms with Gasteiger partial charge in [-0.05, 0) is 19.3 Å². The van der Waals surface area contributed by atoms with Crippen LogP contribution in [0.3, 0.4) is 0 Å². The normalized spacial score (nSPS) is 47.2. The summed E-state index contributed by atoms with van der Waals surface area (Å²) < 4.78 is 5.61. The molecule has 1 saturated carbocycles. The number of carbonyl (C=O) groups excluding carboxylic acids is 2. The smallest absolute Gasteiger partial charge is 0.309 e. The molecule has 0 bridgehead atoms. The quantitative estimate of drug-likeness (QED) is 0.488. The fourth-order valence-electron chi connectivity index (χ4n) is 4.04. The van der Waals surface area contributed by atoms with Crippen molar-refractivity contribution in [3.8, 4) is 0 Å². The van der Waals surface area contributed by atoms with Crippen LogP contribution >= 0.6 is 0 Å². The molecule has 3 heteroatoms. The zero-order valence-corrected chi connectivity index (χ0v) is 11.2. The molecule has 6 atom stereocenters. The Morgan fingerprint density at radius 1 is 1.22 bits per heavy atom. The van der Waals surface area contributed by atoms with Crippen molar-refractivity contribution in [3.63, 3.8) is 0 Å². The molecule has 3 nitrogen and oxygen atoms in total. The van der Waals surface area contributed by atoms with E-state index in [1.807, 2.05) is 13.8 Å². The van der Waals surface area contributed by atoms with Crippen molar-refractivity contribution in [2.75, 3.05) is 0 Å². The second-order valence-corrected chi connectivity index (χ2v) is 6.18. The summed E-state index contributed by atoms with van der Waals surface area (Å²) in [6, 6.07) is 0. The molecule has 0 aromatic carbocycles. The Balaban J connectivity index is 2.01. The summed E-state index contributed by atoms with van der Waals surface area (Å²) in [6.45, 7) is 6.08. The SMILES string of the molecule is CC1=CC[C@@H]2[C@H](OC(=O)[C@H]2C)[C@H]2[C@@H](C)C(=O)C[C@@H]12. The van der Waals surface area contributed by atoms with Crippen molar-refractivity contribution in [2.45, 2.75) is 39.7 Å². The van der Waals surface area contributed by atoms with Gasteiger partial charge in [0, 0.05) is 24.2 Å². The van der Waals surface area contributed by atoms with E-state index in [1.165, 1.54) is 5.57 Å². The summed E-state index contributed by atoms with van der Waals surface area (Å²) in [5, 5.41) is 0. The Kier molecular flexibility index (Phi) is 2.61. The van der Waals surface area contributed by atoms with Gasteiger partial charge in [-0.25, -0.2) is 0 Å². The molecular formula is C15H20O3. The lowest BCUT2D eigenvalue weighted by molar-refractivity contribution is -0.147. The molecule has 0 aromatic heterocycles. The number of hydrogen-bond acceptors (Lipinski definition) is 3. The summed E-state index contributed by atoms with van der Waals surface area (Å²) in [4.78, 5) is 23.8. The van der Waals surface area contributed by atoms with Gasteiger partial charge in [-0.2, -0.15) is 0 Å². The molecule has 0 aromatic rings. The molecule has 2 fully saturated rings. The van der Waals surface area contributed by atoms with Gasteiger partial charge in [0.25, 0.3) is 0 Å². The van der Waals surface area contributed by atoms with Crippen LogP contribution < -0.4 is 0 Å². The zero-order valence-electron chi connectivity index (χ0n) is 11.2. The summed E-state index contributed by atoms with van der Waals surface area (Å²) in [5.41, 5.74) is 1.32. The summed E-state index contributed by atoms with van der Waals surface area (Å²) >= 11 is 0. The second kappa shape index (κ2) is 3.94. The topological polar surface area (TPSA) is 43.4 Å². The number of ketones is 1. The average Bonchev–Trinajstić information content (AvgIpc) is 2.72. The van der Waals surface area contributed by atoms with E-state index >= 15 is 0 Å². The third kappa shape index (κ3) is 1.49. The number of allylic oxidation sites excluding steroid dienone is 2. The van der Waals surface area contributed by atoms with Crippen LogP contribution in [0.1, 0.15) is 33.6 Å². The standard InChI is InChI=1S/C15H20O3/c1-7-4-5-10-8(2)15(17)18-14(10)13-9(3)12(16)6-11(7)13/h4,8-11,13-14H,5-6H2,1-3H3/t8-,9-,10-,11-,13-,14-/m0/s1. The molecule has 1 heterocycles. The predicted octanol–water partition coefficient (Wildman–Crippen LogP) is 2.36. The Hall–Kier alpha value is -1.12. The van der Waals surface area contributed by atoms with Crippen molar-refractivity contribution in [1.29, 1.82) is 0 Å². The Labute approximate surface area is 108 Å². The van der Waals surface area contributed by atoms with E-state index in [-0.39, 0.29) is 35.7 Å². The maximum Gasteiger partial charge on any atom is 0.309 e. The molecule has 1 saturated heterocycles. The molecule has 0 spiro atoms. The summed E-state index contributed by atoms with van der Waals surface area (Å²) in [7, 11) is 0. The van der Waals surface area contributed by atoms with Gasteiger partial charge < -0.3 is 4.74 Å². The van der Waals surface area contributed by atoms with Crippen LogP contribution in [0.15, 0.2) is 11.6 Å². The van der Waals surface area contributed by atoms with Crippen LogP contribution in [0.4, 0.5) is 0 Å². The first kappa shape index (κ1) is 11.9. The number of carbonyl (C=O) groups is 2. The number of Topliss-reactive ketones (excluding diaryl/α,β-unsaturated/α-hetero) is 1. The zero-order chi connectivity index (χ0) is 13.0. The highest BCUT2D eigenvalue weighted by atomic mass is 16.6. The number of fused-ring (bicyclic) bond motifs is 3. The number of rotatable bonds is 0. The molecular weight excluding hydrogens is 228 g/mol. The van der Waals surface area contributed by atoms with Crippen molar-refractivity contribution in [1.82, 2.24) is 0 Å². The molecule has 18 heavy (non-hydrogen) atoms. The lowest BCUT2D eigenvalue weighted by Gasteiger charge is -2.28. The third-order valence-electron chi connectivity index (χ3n) is 5.34. The Morgan fingerprint density at radius 3 is 2.67 bits per heavy atom. The largest absolute Gasteiger partial charge is 0.461 e. The van der Waals surface area contributed by atoms with Crippen molar-refractivity contribution < 1.29 is 14.3 Å². The number of esters is 1. The summed E-state index contributed by atoms with van der Waals surface area (Å²) in [6.07, 6.45) is 3.72. The molecule has 2 aliphatic carbocycles. The van der Waals surface area contributed by atoms with E-state index in [9.17, 15) is 9.59 Å². The van der Waals surface area contributed by atoms with Crippen LogP contribution in [0.2, 0.25) is 0 Å². The lowest BCUT2D eigenvalue weighted by atomic mass is 9.77. The molecule has 0 amide bonds. The van der Waals surface area contributed by atoms with Crippen LogP contribution in [-0.4, -0.2) is 17.9 Å². The van der Waals surface area contributed by atoms with Crippen molar-refractivity contribution >= 4 is 11.8 Å². The molecule has 3 aliphatic rings. The van der Waals surface area contributed by atoms with E-state index in [1.54, 1.807) is 0 Å². The van der Waals surface area contributed by atoms with Gasteiger partial charge in [0.2, 0.25) is 0 Å². The number of ether oxygens (including phenoxy) is 1. The monoisotopic (exact) mass is 248 g/mol. The molecule has 98 valence electrons. The van der Waals surface area contributed by atoms with E-state index < -0.39 is 0 Å². The van der Waals surface area contributed by atoms with E-state index in [0.29, 0.717) is 18.1 Å².